The predicted octanol–water partition coefficient (Wildman–Crippen LogP) is 3.56. The number of hydrogen-bond acceptors (Lipinski definition) is 3. The fourth-order valence-electron chi connectivity index (χ4n) is 2.69. The van der Waals surface area contributed by atoms with Crippen LogP contribution in [0.2, 0.25) is 0 Å². The molecular formula is C16H23NO2. The van der Waals surface area contributed by atoms with Crippen molar-refractivity contribution in [1.82, 2.24) is 0 Å². The van der Waals surface area contributed by atoms with Crippen LogP contribution >= 0.6 is 0 Å². The van der Waals surface area contributed by atoms with E-state index >= 15 is 0 Å². The summed E-state index contributed by atoms with van der Waals surface area (Å²) in [5, 5.41) is 0. The van der Waals surface area contributed by atoms with Crippen molar-refractivity contribution < 1.29 is 9.53 Å². The maximum Gasteiger partial charge on any atom is 0.338 e. The Kier molecular flexibility index (Phi) is 4.13. The van der Waals surface area contributed by atoms with Crippen LogP contribution in [0.1, 0.15) is 49.0 Å². The summed E-state index contributed by atoms with van der Waals surface area (Å²) in [6, 6.07) is 5.38. The first-order valence-corrected chi connectivity index (χ1v) is 7.05. The molecule has 1 aliphatic carbocycles. The molecule has 1 aliphatic rings. The quantitative estimate of drug-likeness (QED) is 0.654. The first-order valence-electron chi connectivity index (χ1n) is 7.05. The molecule has 0 bridgehead atoms. The lowest BCUT2D eigenvalue weighted by Gasteiger charge is -2.31. The van der Waals surface area contributed by atoms with Crippen LogP contribution in [0.5, 0.6) is 0 Å². The van der Waals surface area contributed by atoms with E-state index in [2.05, 4.69) is 13.8 Å². The second kappa shape index (κ2) is 5.64. The van der Waals surface area contributed by atoms with Gasteiger partial charge in [0, 0.05) is 5.69 Å². The second-order valence-corrected chi connectivity index (χ2v) is 5.81. The molecule has 0 saturated heterocycles. The molecule has 19 heavy (non-hydrogen) atoms. The highest BCUT2D eigenvalue weighted by Gasteiger charge is 2.27. The average Bonchev–Trinajstić information content (AvgIpc) is 2.37. The van der Waals surface area contributed by atoms with Gasteiger partial charge in [0.05, 0.1) is 5.56 Å². The van der Waals surface area contributed by atoms with Crippen molar-refractivity contribution in [3.05, 3.63) is 29.3 Å². The van der Waals surface area contributed by atoms with Gasteiger partial charge in [-0.2, -0.15) is 0 Å². The summed E-state index contributed by atoms with van der Waals surface area (Å²) in [7, 11) is 0. The number of nitrogens with two attached hydrogens (primary N) is 1. The Morgan fingerprint density at radius 2 is 2.00 bits per heavy atom. The summed E-state index contributed by atoms with van der Waals surface area (Å²) in [5.74, 6) is 1.11. The zero-order valence-corrected chi connectivity index (χ0v) is 12.0. The molecule has 3 atom stereocenters. The lowest BCUT2D eigenvalue weighted by Crippen LogP contribution is -2.29. The molecule has 1 fully saturated rings. The molecule has 0 radical (unpaired) electrons. The van der Waals surface area contributed by atoms with Crippen LogP contribution in [0, 0.1) is 18.8 Å². The summed E-state index contributed by atoms with van der Waals surface area (Å²) >= 11 is 0. The summed E-state index contributed by atoms with van der Waals surface area (Å²) in [6.07, 6.45) is 3.13. The van der Waals surface area contributed by atoms with Gasteiger partial charge in [0.25, 0.3) is 0 Å². The molecule has 0 amide bonds. The van der Waals surface area contributed by atoms with E-state index in [-0.39, 0.29) is 12.1 Å². The Hall–Kier alpha value is -1.51. The number of carbonyl (C=O) groups is 1. The van der Waals surface area contributed by atoms with Gasteiger partial charge in [0.15, 0.2) is 0 Å². The van der Waals surface area contributed by atoms with Crippen molar-refractivity contribution in [1.29, 1.82) is 0 Å². The maximum absolute atomic E-state index is 12.2. The number of ether oxygens (including phenoxy) is 1. The minimum absolute atomic E-state index is 0.0551. The summed E-state index contributed by atoms with van der Waals surface area (Å²) in [5.41, 5.74) is 7.86. The van der Waals surface area contributed by atoms with Gasteiger partial charge in [-0.1, -0.05) is 19.9 Å². The van der Waals surface area contributed by atoms with Crippen molar-refractivity contribution in [3.63, 3.8) is 0 Å². The van der Waals surface area contributed by atoms with Crippen molar-refractivity contribution in [2.45, 2.75) is 46.1 Å². The Morgan fingerprint density at radius 1 is 1.26 bits per heavy atom. The fourth-order valence-corrected chi connectivity index (χ4v) is 2.69. The molecule has 0 aromatic heterocycles. The Labute approximate surface area is 115 Å². The van der Waals surface area contributed by atoms with E-state index in [0.717, 1.165) is 30.7 Å². The highest BCUT2D eigenvalue weighted by atomic mass is 16.5. The Bertz CT molecular complexity index is 470. The topological polar surface area (TPSA) is 52.3 Å². The second-order valence-electron chi connectivity index (χ2n) is 5.81. The third-order valence-corrected chi connectivity index (χ3v) is 4.42. The lowest BCUT2D eigenvalue weighted by molar-refractivity contribution is 0.00872. The van der Waals surface area contributed by atoms with E-state index in [9.17, 15) is 4.79 Å². The highest BCUT2D eigenvalue weighted by molar-refractivity contribution is 5.92. The van der Waals surface area contributed by atoms with Crippen LogP contribution in [-0.2, 0) is 4.74 Å². The number of benzene rings is 1. The highest BCUT2D eigenvalue weighted by Crippen LogP contribution is 2.31. The van der Waals surface area contributed by atoms with Gasteiger partial charge in [-0.15, -0.1) is 0 Å². The molecule has 0 aliphatic heterocycles. The maximum atomic E-state index is 12.2. The van der Waals surface area contributed by atoms with Crippen molar-refractivity contribution in [2.24, 2.45) is 11.8 Å². The minimum atomic E-state index is -0.239. The normalized spacial score (nSPS) is 27.0. The molecule has 2 N–H and O–H groups in total. The monoisotopic (exact) mass is 261 g/mol. The number of nitrogen functional groups attached to an aromatic ring is 1. The Morgan fingerprint density at radius 3 is 2.68 bits per heavy atom. The predicted molar refractivity (Wildman–Crippen MR) is 77.0 cm³/mol. The van der Waals surface area contributed by atoms with E-state index < -0.39 is 0 Å². The standard InChI is InChI=1S/C16H23NO2/c1-10-7-8-13(9-11(10)2)19-16(18)14-5-4-6-15(17)12(14)3/h4-6,10-11,13H,7-9,17H2,1-3H3. The van der Waals surface area contributed by atoms with Crippen LogP contribution in [0.4, 0.5) is 5.69 Å². The van der Waals surface area contributed by atoms with Gasteiger partial charge in [-0.05, 0) is 55.7 Å². The number of carbonyl (C=O) groups excluding carboxylic acids is 1. The summed E-state index contributed by atoms with van der Waals surface area (Å²) < 4.78 is 5.64. The average molecular weight is 261 g/mol. The van der Waals surface area contributed by atoms with Crippen molar-refractivity contribution in [2.75, 3.05) is 5.73 Å². The SMILES string of the molecule is Cc1c(N)cccc1C(=O)OC1CCC(C)C(C)C1. The molecule has 1 aromatic rings. The first kappa shape index (κ1) is 13.9. The molecule has 2 rings (SSSR count). The van der Waals surface area contributed by atoms with E-state index in [1.165, 1.54) is 0 Å². The van der Waals surface area contributed by atoms with E-state index in [1.54, 1.807) is 18.2 Å². The molecule has 1 saturated carbocycles. The van der Waals surface area contributed by atoms with Crippen molar-refractivity contribution in [3.8, 4) is 0 Å². The molecule has 3 heteroatoms. The summed E-state index contributed by atoms with van der Waals surface area (Å²) in [4.78, 5) is 12.2. The molecule has 104 valence electrons. The largest absolute Gasteiger partial charge is 0.459 e. The summed E-state index contributed by atoms with van der Waals surface area (Å²) in [6.45, 7) is 6.36. The minimum Gasteiger partial charge on any atom is -0.459 e. The fraction of sp³-hybridized carbons (Fsp3) is 0.562. The van der Waals surface area contributed by atoms with Crippen LogP contribution in [0.3, 0.4) is 0 Å². The van der Waals surface area contributed by atoms with E-state index in [4.69, 9.17) is 10.5 Å². The molecule has 1 aromatic carbocycles. The third-order valence-electron chi connectivity index (χ3n) is 4.42. The van der Waals surface area contributed by atoms with Gasteiger partial charge in [-0.25, -0.2) is 4.79 Å². The smallest absolute Gasteiger partial charge is 0.338 e. The van der Waals surface area contributed by atoms with Gasteiger partial charge in [-0.3, -0.25) is 0 Å². The van der Waals surface area contributed by atoms with Gasteiger partial charge < -0.3 is 10.5 Å². The Balaban J connectivity index is 2.03. The van der Waals surface area contributed by atoms with Crippen LogP contribution in [-0.4, -0.2) is 12.1 Å². The molecule has 3 nitrogen and oxygen atoms in total. The molecule has 3 unspecified atom stereocenters. The molecule has 0 spiro atoms. The molecular weight excluding hydrogens is 238 g/mol. The van der Waals surface area contributed by atoms with Crippen LogP contribution < -0.4 is 5.73 Å². The van der Waals surface area contributed by atoms with Gasteiger partial charge in [0.1, 0.15) is 6.10 Å². The number of rotatable bonds is 2. The third kappa shape index (κ3) is 3.09. The van der Waals surface area contributed by atoms with Crippen molar-refractivity contribution >= 4 is 11.7 Å². The van der Waals surface area contributed by atoms with Gasteiger partial charge >= 0.3 is 5.97 Å². The lowest BCUT2D eigenvalue weighted by atomic mass is 9.80. The number of anilines is 1. The first-order chi connectivity index (χ1) is 8.99. The van der Waals surface area contributed by atoms with E-state index in [0.29, 0.717) is 17.2 Å². The van der Waals surface area contributed by atoms with E-state index in [1.807, 2.05) is 6.92 Å². The van der Waals surface area contributed by atoms with Crippen LogP contribution in [0.15, 0.2) is 18.2 Å². The van der Waals surface area contributed by atoms with Crippen LogP contribution in [0.25, 0.3) is 0 Å². The zero-order valence-electron chi connectivity index (χ0n) is 12.0. The number of esters is 1. The number of hydrogen-bond donors (Lipinski definition) is 1. The zero-order chi connectivity index (χ0) is 14.0. The molecule has 0 heterocycles. The van der Waals surface area contributed by atoms with Gasteiger partial charge in [0.2, 0.25) is 0 Å².